The highest BCUT2D eigenvalue weighted by Crippen LogP contribution is 2.43. The molecule has 0 spiro atoms. The number of piperazine rings is 1. The Morgan fingerprint density at radius 1 is 0.986 bits per heavy atom. The Kier molecular flexibility index (Phi) is 15.0. The normalized spacial score (nSPS) is 17.8. The first-order valence-electron chi connectivity index (χ1n) is 23.4. The number of carbonyl (C=O) groups excluding carboxylic acids is 2. The van der Waals surface area contributed by atoms with Crippen LogP contribution in [0.4, 0.5) is 11.4 Å². The SMILES string of the molecule is CC(C)C(=O)N=S1(=O)CCN(CCCc2ccc(S(=O)(=O)NC(=O)c3ccc(N4CCN(CC5=C(c6ccc(Cl)cc6)CC(C)(C)CC5)CC4)cc3Oc3cnc4[nH]ccc4c3)cc2[N+](=O)[O-])CC1. The zero-order valence-electron chi connectivity index (χ0n) is 39.4. The van der Waals surface area contributed by atoms with Gasteiger partial charge in [-0.1, -0.05) is 63.1 Å². The summed E-state index contributed by atoms with van der Waals surface area (Å²) in [6.07, 6.45) is 7.21. The van der Waals surface area contributed by atoms with Crippen molar-refractivity contribution in [2.75, 3.05) is 68.8 Å². The van der Waals surface area contributed by atoms with Gasteiger partial charge < -0.3 is 19.5 Å². The van der Waals surface area contributed by atoms with Gasteiger partial charge in [0.1, 0.15) is 17.1 Å². The van der Waals surface area contributed by atoms with E-state index in [1.54, 1.807) is 38.2 Å². The van der Waals surface area contributed by atoms with Crippen LogP contribution < -0.4 is 14.4 Å². The minimum absolute atomic E-state index is 0.0585. The van der Waals surface area contributed by atoms with Crippen LogP contribution in [0, 0.1) is 21.4 Å². The van der Waals surface area contributed by atoms with Crippen LogP contribution >= 0.6 is 11.6 Å². The molecule has 1 aliphatic carbocycles. The molecule has 2 aliphatic heterocycles. The molecule has 366 valence electrons. The quantitative estimate of drug-likeness (QED) is 0.0748. The second kappa shape index (κ2) is 20.7. The van der Waals surface area contributed by atoms with E-state index in [2.05, 4.69) is 59.7 Å². The number of ether oxygens (including phenoxy) is 1. The van der Waals surface area contributed by atoms with Crippen LogP contribution in [-0.4, -0.2) is 113 Å². The van der Waals surface area contributed by atoms with E-state index in [-0.39, 0.29) is 52.2 Å². The number of hydrogen-bond acceptors (Lipinski definition) is 12. The fourth-order valence-corrected chi connectivity index (χ4v) is 12.3. The molecule has 8 rings (SSSR count). The molecule has 0 atom stereocenters. The van der Waals surface area contributed by atoms with E-state index in [4.69, 9.17) is 16.3 Å². The number of nitro benzene ring substituents is 1. The topological polar surface area (TPSA) is 201 Å². The Morgan fingerprint density at radius 2 is 1.72 bits per heavy atom. The number of H-pyrrole nitrogens is 1. The first kappa shape index (κ1) is 49.8. The van der Waals surface area contributed by atoms with Gasteiger partial charge in [-0.25, -0.2) is 22.3 Å². The summed E-state index contributed by atoms with van der Waals surface area (Å²) in [5, 5.41) is 13.8. The van der Waals surface area contributed by atoms with Gasteiger partial charge in [-0.3, -0.25) is 24.6 Å². The molecule has 19 heteroatoms. The third kappa shape index (κ3) is 12.2. The van der Waals surface area contributed by atoms with Gasteiger partial charge >= 0.3 is 0 Å². The summed E-state index contributed by atoms with van der Waals surface area (Å²) in [6, 6.07) is 20.4. The summed E-state index contributed by atoms with van der Waals surface area (Å²) in [6.45, 7) is 13.5. The standard InChI is InChI=1S/C50H59ClN8O8S2/c1-34(2)48(60)54-68(64)26-24-56(25-27-68)19-5-6-36-9-13-42(30-45(36)59(62)63)69(65,66)55-49(61)43-14-12-40(29-46(43)67-41-28-37-16-18-52-47(37)53-32-41)58-22-20-57(21-23-58)33-38-15-17-50(3,4)31-44(38)35-7-10-39(51)11-8-35/h7-14,16,18,28-30,32,34H,5-6,15,17,19-27,31,33H2,1-4H3,(H,52,53)(H,55,61). The Labute approximate surface area is 408 Å². The van der Waals surface area contributed by atoms with E-state index >= 15 is 0 Å². The number of aromatic nitrogens is 2. The van der Waals surface area contributed by atoms with Gasteiger partial charge in [-0.15, -0.1) is 0 Å². The number of nitro groups is 1. The van der Waals surface area contributed by atoms with Crippen LogP contribution in [0.2, 0.25) is 5.02 Å². The smallest absolute Gasteiger partial charge is 0.273 e. The number of rotatable bonds is 15. The van der Waals surface area contributed by atoms with Gasteiger partial charge in [-0.05, 0) is 97.7 Å². The largest absolute Gasteiger partial charge is 0.455 e. The van der Waals surface area contributed by atoms with Crippen molar-refractivity contribution in [2.45, 2.75) is 64.7 Å². The molecule has 0 unspecified atom stereocenters. The van der Waals surface area contributed by atoms with E-state index < -0.39 is 35.5 Å². The first-order valence-corrected chi connectivity index (χ1v) is 27.1. The molecule has 2 N–H and O–H groups in total. The molecule has 5 aromatic rings. The highest BCUT2D eigenvalue weighted by Gasteiger charge is 2.31. The number of anilines is 1. The highest BCUT2D eigenvalue weighted by atomic mass is 35.5. The molecule has 0 saturated carbocycles. The van der Waals surface area contributed by atoms with Gasteiger partial charge in [0, 0.05) is 103 Å². The number of carbonyl (C=O) groups is 2. The fourth-order valence-electron chi connectivity index (χ4n) is 9.14. The zero-order valence-corrected chi connectivity index (χ0v) is 41.8. The monoisotopic (exact) mass is 998 g/mol. The number of hydrogen-bond donors (Lipinski definition) is 2. The average molecular weight is 1000 g/mol. The van der Waals surface area contributed by atoms with Crippen molar-refractivity contribution < 1.29 is 31.9 Å². The second-order valence-corrected chi connectivity index (χ2v) is 23.9. The van der Waals surface area contributed by atoms with Crippen LogP contribution in [0.15, 0.2) is 100 Å². The third-order valence-electron chi connectivity index (χ3n) is 13.3. The minimum atomic E-state index is -4.60. The molecule has 4 heterocycles. The molecular formula is C50H59ClN8O8S2. The summed E-state index contributed by atoms with van der Waals surface area (Å²) < 4.78 is 53.1. The third-order valence-corrected chi connectivity index (χ3v) is 17.0. The molecule has 69 heavy (non-hydrogen) atoms. The molecule has 3 aromatic carbocycles. The number of benzene rings is 3. The van der Waals surface area contributed by atoms with Crippen molar-refractivity contribution in [3.05, 3.63) is 123 Å². The van der Waals surface area contributed by atoms with Crippen LogP contribution in [0.1, 0.15) is 74.9 Å². The lowest BCUT2D eigenvalue weighted by atomic mass is 9.72. The van der Waals surface area contributed by atoms with E-state index in [9.17, 15) is 32.3 Å². The number of halogens is 1. The molecule has 0 bridgehead atoms. The van der Waals surface area contributed by atoms with Crippen LogP contribution in [0.5, 0.6) is 11.5 Å². The maximum Gasteiger partial charge on any atom is 0.273 e. The van der Waals surface area contributed by atoms with Crippen molar-refractivity contribution in [1.29, 1.82) is 0 Å². The number of aromatic amines is 1. The van der Waals surface area contributed by atoms with Crippen molar-refractivity contribution in [2.24, 2.45) is 15.7 Å². The molecule has 2 saturated heterocycles. The number of amides is 2. The number of aryl methyl sites for hydroxylation is 1. The zero-order chi connectivity index (χ0) is 49.1. The van der Waals surface area contributed by atoms with E-state index in [0.717, 1.165) is 61.1 Å². The predicted octanol–water partition coefficient (Wildman–Crippen LogP) is 8.72. The lowest BCUT2D eigenvalue weighted by Crippen LogP contribution is -2.47. The Morgan fingerprint density at radius 3 is 2.43 bits per heavy atom. The fraction of sp³-hybridized carbons (Fsp3) is 0.420. The Hall–Kier alpha value is -5.66. The molecule has 0 radical (unpaired) electrons. The summed E-state index contributed by atoms with van der Waals surface area (Å²) in [5.41, 5.74) is 5.62. The van der Waals surface area contributed by atoms with Crippen molar-refractivity contribution >= 4 is 71.1 Å². The van der Waals surface area contributed by atoms with Gasteiger partial charge in [-0.2, -0.15) is 4.36 Å². The predicted molar refractivity (Wildman–Crippen MR) is 270 cm³/mol. The lowest BCUT2D eigenvalue weighted by molar-refractivity contribution is -0.385. The molecular weight excluding hydrogens is 940 g/mol. The molecule has 2 fully saturated rings. The lowest BCUT2D eigenvalue weighted by Gasteiger charge is -2.39. The molecule has 3 aliphatic rings. The van der Waals surface area contributed by atoms with E-state index in [1.807, 2.05) is 18.2 Å². The van der Waals surface area contributed by atoms with Crippen molar-refractivity contribution in [1.82, 2.24) is 24.5 Å². The van der Waals surface area contributed by atoms with Gasteiger partial charge in [0.25, 0.3) is 27.5 Å². The number of sulfonamides is 1. The van der Waals surface area contributed by atoms with Gasteiger partial charge in [0.2, 0.25) is 0 Å². The van der Waals surface area contributed by atoms with Crippen LogP contribution in [0.25, 0.3) is 16.6 Å². The van der Waals surface area contributed by atoms with Gasteiger partial charge in [0.15, 0.2) is 0 Å². The van der Waals surface area contributed by atoms with Crippen LogP contribution in [-0.2, 0) is 31.0 Å². The number of fused-ring (bicyclic) bond motifs is 1. The number of nitrogens with zero attached hydrogens (tertiary/aromatic N) is 6. The number of allylic oxidation sites excluding steroid dienone is 1. The maximum atomic E-state index is 14.0. The van der Waals surface area contributed by atoms with E-state index in [1.165, 1.54) is 41.1 Å². The number of pyridine rings is 1. The Bertz CT molecular complexity index is 3010. The molecule has 16 nitrogen and oxygen atoms in total. The summed E-state index contributed by atoms with van der Waals surface area (Å²) in [4.78, 5) is 51.6. The molecule has 2 amide bonds. The summed E-state index contributed by atoms with van der Waals surface area (Å²) in [7, 11) is -7.22. The van der Waals surface area contributed by atoms with E-state index in [0.29, 0.717) is 56.1 Å². The van der Waals surface area contributed by atoms with Crippen molar-refractivity contribution in [3.63, 3.8) is 0 Å². The van der Waals surface area contributed by atoms with Gasteiger partial charge in [0.05, 0.1) is 31.3 Å². The highest BCUT2D eigenvalue weighted by molar-refractivity contribution is 7.94. The average Bonchev–Trinajstić information content (AvgIpc) is 3.79. The second-order valence-electron chi connectivity index (χ2n) is 19.3. The summed E-state index contributed by atoms with van der Waals surface area (Å²) in [5.74, 6) is -0.685. The van der Waals surface area contributed by atoms with Crippen molar-refractivity contribution in [3.8, 4) is 11.5 Å². The summed E-state index contributed by atoms with van der Waals surface area (Å²) >= 11 is 6.25. The number of nitrogens with one attached hydrogen (secondary N) is 2. The maximum absolute atomic E-state index is 14.0. The Balaban J connectivity index is 0.955. The van der Waals surface area contributed by atoms with Crippen LogP contribution in [0.3, 0.4) is 0 Å². The first-order chi connectivity index (χ1) is 32.8. The molecule has 2 aromatic heterocycles. The minimum Gasteiger partial charge on any atom is -0.455 e.